The third-order valence-corrected chi connectivity index (χ3v) is 6.57. The van der Waals surface area contributed by atoms with E-state index in [1.165, 1.54) is 16.9 Å². The maximum atomic E-state index is 12.9. The van der Waals surface area contributed by atoms with E-state index in [-0.39, 0.29) is 29.7 Å². The van der Waals surface area contributed by atoms with Crippen molar-refractivity contribution in [2.45, 2.75) is 25.3 Å². The van der Waals surface area contributed by atoms with E-state index in [1.807, 2.05) is 17.9 Å². The zero-order valence-corrected chi connectivity index (χ0v) is 18.9. The molecule has 1 saturated heterocycles. The number of likely N-dealkylation sites (tertiary alicyclic amines) is 1. The first kappa shape index (κ1) is 21.2. The predicted molar refractivity (Wildman–Crippen MR) is 124 cm³/mol. The molecule has 0 unspecified atom stereocenters. The van der Waals surface area contributed by atoms with Crippen molar-refractivity contribution in [1.29, 1.82) is 0 Å². The van der Waals surface area contributed by atoms with Crippen LogP contribution in [0.3, 0.4) is 0 Å². The van der Waals surface area contributed by atoms with Crippen LogP contribution in [0.4, 0.5) is 5.69 Å². The highest BCUT2D eigenvalue weighted by Crippen LogP contribution is 2.44. The summed E-state index contributed by atoms with van der Waals surface area (Å²) in [4.78, 5) is 28.6. The van der Waals surface area contributed by atoms with Crippen LogP contribution in [0.1, 0.15) is 36.0 Å². The van der Waals surface area contributed by atoms with Crippen molar-refractivity contribution in [1.82, 2.24) is 14.4 Å². The number of piperidine rings is 1. The van der Waals surface area contributed by atoms with Crippen molar-refractivity contribution in [2.24, 2.45) is 0 Å². The highest BCUT2D eigenvalue weighted by Gasteiger charge is 2.42. The van der Waals surface area contributed by atoms with E-state index in [0.717, 1.165) is 30.0 Å². The fourth-order valence-corrected chi connectivity index (χ4v) is 4.87. The summed E-state index contributed by atoms with van der Waals surface area (Å²) >= 11 is 0. The van der Waals surface area contributed by atoms with Crippen LogP contribution < -0.4 is 10.1 Å². The molecule has 1 fully saturated rings. The summed E-state index contributed by atoms with van der Waals surface area (Å²) in [5.41, 5.74) is 3.08. The van der Waals surface area contributed by atoms with E-state index in [9.17, 15) is 9.59 Å². The molecule has 2 aliphatic rings. The average molecular weight is 449 g/mol. The Morgan fingerprint density at radius 1 is 1.18 bits per heavy atom. The molecule has 2 aliphatic heterocycles. The molecule has 1 aromatic carbocycles. The van der Waals surface area contributed by atoms with Crippen molar-refractivity contribution in [2.75, 3.05) is 38.6 Å². The maximum Gasteiger partial charge on any atom is 0.289 e. The van der Waals surface area contributed by atoms with Crippen molar-refractivity contribution < 1.29 is 18.7 Å². The number of hydrogen-bond donors (Lipinski definition) is 1. The Morgan fingerprint density at radius 2 is 2.00 bits per heavy atom. The first-order valence-corrected chi connectivity index (χ1v) is 11.3. The molecule has 33 heavy (non-hydrogen) atoms. The molecule has 0 saturated carbocycles. The number of hydrogen-bond acceptors (Lipinski definition) is 5. The number of amides is 2. The number of nitrogens with one attached hydrogen (secondary N) is 1. The SMILES string of the molecule is CCOc1ccc2c(c1)NC1(CCN(C(=O)CN(C)C(=O)c3ccco3)CC1)c1cccn1-2. The first-order valence-electron chi connectivity index (χ1n) is 11.3. The van der Waals surface area contributed by atoms with Crippen LogP contribution in [0.5, 0.6) is 5.75 Å². The van der Waals surface area contributed by atoms with E-state index in [2.05, 4.69) is 40.3 Å². The van der Waals surface area contributed by atoms with Crippen molar-refractivity contribution in [3.05, 3.63) is 66.4 Å². The smallest absolute Gasteiger partial charge is 0.289 e. The Kier molecular flexibility index (Phi) is 5.36. The molecule has 8 heteroatoms. The summed E-state index contributed by atoms with van der Waals surface area (Å²) in [5, 5.41) is 3.77. The zero-order chi connectivity index (χ0) is 23.0. The van der Waals surface area contributed by atoms with Gasteiger partial charge < -0.3 is 28.8 Å². The minimum atomic E-state index is -0.296. The van der Waals surface area contributed by atoms with Gasteiger partial charge in [-0.3, -0.25) is 9.59 Å². The van der Waals surface area contributed by atoms with Gasteiger partial charge in [0.2, 0.25) is 5.91 Å². The number of furan rings is 1. The lowest BCUT2D eigenvalue weighted by molar-refractivity contribution is -0.133. The molecular weight excluding hydrogens is 420 g/mol. The van der Waals surface area contributed by atoms with Crippen LogP contribution in [0.25, 0.3) is 5.69 Å². The number of fused-ring (bicyclic) bond motifs is 4. The number of ether oxygens (including phenoxy) is 1. The summed E-state index contributed by atoms with van der Waals surface area (Å²) in [6.07, 6.45) is 5.09. The first-order chi connectivity index (χ1) is 16.0. The molecule has 3 aromatic rings. The maximum absolute atomic E-state index is 12.9. The number of carbonyl (C=O) groups is 2. The molecule has 0 radical (unpaired) electrons. The van der Waals surface area contributed by atoms with Gasteiger partial charge in [0.1, 0.15) is 5.75 Å². The molecule has 4 heterocycles. The van der Waals surface area contributed by atoms with Crippen LogP contribution >= 0.6 is 0 Å². The number of anilines is 1. The molecule has 2 aromatic heterocycles. The fraction of sp³-hybridized carbons (Fsp3) is 0.360. The van der Waals surface area contributed by atoms with Crippen LogP contribution in [0, 0.1) is 0 Å². The summed E-state index contributed by atoms with van der Waals surface area (Å²) in [6.45, 7) is 3.84. The van der Waals surface area contributed by atoms with Gasteiger partial charge in [0.05, 0.1) is 36.3 Å². The molecule has 0 bridgehead atoms. The van der Waals surface area contributed by atoms with Gasteiger partial charge in [0.25, 0.3) is 5.91 Å². The van der Waals surface area contributed by atoms with Crippen molar-refractivity contribution in [3.63, 3.8) is 0 Å². The number of aromatic nitrogens is 1. The Labute approximate surface area is 192 Å². The summed E-state index contributed by atoms with van der Waals surface area (Å²) in [7, 11) is 1.62. The average Bonchev–Trinajstić information content (AvgIpc) is 3.52. The standard InChI is InChI=1S/C25H28N4O4/c1-3-32-18-8-9-20-19(16-18)26-25(22-7-4-12-29(20)22)10-13-28(14-11-25)23(30)17-27(2)24(31)21-6-5-15-33-21/h4-9,12,15-16,26H,3,10-11,13-14,17H2,1-2H3. The van der Waals surface area contributed by atoms with Crippen LogP contribution in [-0.2, 0) is 10.3 Å². The molecule has 8 nitrogen and oxygen atoms in total. The van der Waals surface area contributed by atoms with Gasteiger partial charge in [-0.15, -0.1) is 0 Å². The second kappa shape index (κ2) is 8.35. The van der Waals surface area contributed by atoms with Gasteiger partial charge in [-0.25, -0.2) is 0 Å². The number of benzene rings is 1. The third kappa shape index (κ3) is 3.75. The summed E-state index contributed by atoms with van der Waals surface area (Å²) in [5.74, 6) is 0.722. The topological polar surface area (TPSA) is 80.0 Å². The Morgan fingerprint density at radius 3 is 2.73 bits per heavy atom. The molecule has 0 aliphatic carbocycles. The fourth-order valence-electron chi connectivity index (χ4n) is 4.87. The van der Waals surface area contributed by atoms with E-state index >= 15 is 0 Å². The second-order valence-corrected chi connectivity index (χ2v) is 8.60. The van der Waals surface area contributed by atoms with Crippen LogP contribution in [0.15, 0.2) is 59.3 Å². The van der Waals surface area contributed by atoms with Gasteiger partial charge >= 0.3 is 0 Å². The van der Waals surface area contributed by atoms with E-state index < -0.39 is 0 Å². The van der Waals surface area contributed by atoms with Crippen LogP contribution in [0.2, 0.25) is 0 Å². The minimum absolute atomic E-state index is 0.0247. The predicted octanol–water partition coefficient (Wildman–Crippen LogP) is 3.48. The lowest BCUT2D eigenvalue weighted by atomic mass is 9.82. The van der Waals surface area contributed by atoms with Gasteiger partial charge in [-0.2, -0.15) is 0 Å². The third-order valence-electron chi connectivity index (χ3n) is 6.57. The van der Waals surface area contributed by atoms with E-state index in [0.29, 0.717) is 19.7 Å². The molecule has 0 atom stereocenters. The number of likely N-dealkylation sites (N-methyl/N-ethyl adjacent to an activating group) is 1. The van der Waals surface area contributed by atoms with E-state index in [4.69, 9.17) is 9.15 Å². The van der Waals surface area contributed by atoms with Crippen molar-refractivity contribution >= 4 is 17.5 Å². The normalized spacial score (nSPS) is 16.0. The Balaban J connectivity index is 1.29. The molecule has 1 N–H and O–H groups in total. The largest absolute Gasteiger partial charge is 0.494 e. The highest BCUT2D eigenvalue weighted by atomic mass is 16.5. The van der Waals surface area contributed by atoms with E-state index in [1.54, 1.807) is 19.2 Å². The molecular formula is C25H28N4O4. The quantitative estimate of drug-likeness (QED) is 0.646. The van der Waals surface area contributed by atoms with Gasteiger partial charge in [-0.05, 0) is 56.2 Å². The van der Waals surface area contributed by atoms with Gasteiger partial charge in [0, 0.05) is 38.1 Å². The molecule has 5 rings (SSSR count). The van der Waals surface area contributed by atoms with Gasteiger partial charge in [-0.1, -0.05) is 0 Å². The second-order valence-electron chi connectivity index (χ2n) is 8.60. The highest BCUT2D eigenvalue weighted by molar-refractivity contribution is 5.94. The summed E-state index contributed by atoms with van der Waals surface area (Å²) in [6, 6.07) is 13.6. The molecule has 1 spiro atoms. The Hall–Kier alpha value is -3.68. The molecule has 172 valence electrons. The zero-order valence-electron chi connectivity index (χ0n) is 18.9. The summed E-state index contributed by atoms with van der Waals surface area (Å²) < 4.78 is 13.1. The number of rotatable bonds is 5. The monoisotopic (exact) mass is 448 g/mol. The van der Waals surface area contributed by atoms with Crippen molar-refractivity contribution in [3.8, 4) is 11.4 Å². The lowest BCUT2D eigenvalue weighted by Gasteiger charge is -2.46. The number of carbonyl (C=O) groups excluding carboxylic acids is 2. The van der Waals surface area contributed by atoms with Gasteiger partial charge in [0.15, 0.2) is 5.76 Å². The molecule has 2 amide bonds. The minimum Gasteiger partial charge on any atom is -0.494 e. The Bertz CT molecular complexity index is 1160. The lowest BCUT2D eigenvalue weighted by Crippen LogP contribution is -2.52. The van der Waals surface area contributed by atoms with Crippen LogP contribution in [-0.4, -0.2) is 59.5 Å². The number of nitrogens with zero attached hydrogens (tertiary/aromatic N) is 3.